The van der Waals surface area contributed by atoms with E-state index in [0.29, 0.717) is 19.1 Å². The van der Waals surface area contributed by atoms with Crippen molar-refractivity contribution < 1.29 is 9.90 Å². The molecule has 0 saturated heterocycles. The van der Waals surface area contributed by atoms with E-state index in [0.717, 1.165) is 18.5 Å². The summed E-state index contributed by atoms with van der Waals surface area (Å²) in [5.74, 6) is -0.00782. The van der Waals surface area contributed by atoms with Gasteiger partial charge in [0, 0.05) is 18.3 Å². The summed E-state index contributed by atoms with van der Waals surface area (Å²) >= 11 is 0. The summed E-state index contributed by atoms with van der Waals surface area (Å²) in [6.07, 6.45) is 4.73. The first-order valence-corrected chi connectivity index (χ1v) is 6.99. The number of hydrogen-bond donors (Lipinski definition) is 2. The van der Waals surface area contributed by atoms with Gasteiger partial charge in [0.25, 0.3) is 0 Å². The van der Waals surface area contributed by atoms with E-state index in [1.165, 1.54) is 12.8 Å². The summed E-state index contributed by atoms with van der Waals surface area (Å²) in [5, 5.41) is 12.0. The van der Waals surface area contributed by atoms with Crippen molar-refractivity contribution in [2.45, 2.75) is 31.7 Å². The molecule has 104 valence electrons. The number of aliphatic hydroxyl groups excluding tert-OH is 1. The van der Waals surface area contributed by atoms with Gasteiger partial charge >= 0.3 is 0 Å². The molecule has 0 atom stereocenters. The van der Waals surface area contributed by atoms with Crippen LogP contribution in [-0.2, 0) is 4.79 Å². The molecule has 1 aliphatic carbocycles. The third-order valence-corrected chi connectivity index (χ3v) is 3.63. The zero-order valence-corrected chi connectivity index (χ0v) is 11.2. The Labute approximate surface area is 114 Å². The number of nitrogens with zero attached hydrogens (tertiary/aromatic N) is 1. The Bertz CT molecular complexity index is 388. The number of benzene rings is 1. The van der Waals surface area contributed by atoms with E-state index in [1.54, 1.807) is 0 Å². The van der Waals surface area contributed by atoms with Crippen LogP contribution in [0.1, 0.15) is 25.7 Å². The summed E-state index contributed by atoms with van der Waals surface area (Å²) < 4.78 is 0. The van der Waals surface area contributed by atoms with E-state index in [9.17, 15) is 4.79 Å². The molecule has 0 spiro atoms. The molecule has 1 fully saturated rings. The van der Waals surface area contributed by atoms with Gasteiger partial charge in [-0.25, -0.2) is 0 Å². The van der Waals surface area contributed by atoms with Crippen LogP contribution in [0.15, 0.2) is 30.3 Å². The van der Waals surface area contributed by atoms with Crippen molar-refractivity contribution >= 4 is 11.6 Å². The molecule has 0 aromatic heterocycles. The largest absolute Gasteiger partial charge is 0.395 e. The fraction of sp³-hybridized carbons (Fsp3) is 0.533. The Morgan fingerprint density at radius 3 is 2.58 bits per heavy atom. The molecule has 0 aliphatic heterocycles. The molecule has 0 heterocycles. The second kappa shape index (κ2) is 7.26. The molecular weight excluding hydrogens is 240 g/mol. The van der Waals surface area contributed by atoms with Crippen LogP contribution in [0, 0.1) is 0 Å². The Kier molecular flexibility index (Phi) is 5.36. The maximum Gasteiger partial charge on any atom is 0.238 e. The second-order valence-electron chi connectivity index (χ2n) is 5.05. The lowest BCUT2D eigenvalue weighted by Crippen LogP contribution is -2.41. The normalized spacial score (nSPS) is 15.9. The van der Waals surface area contributed by atoms with Crippen molar-refractivity contribution in [1.82, 2.24) is 4.90 Å². The molecule has 1 saturated carbocycles. The van der Waals surface area contributed by atoms with E-state index in [4.69, 9.17) is 5.11 Å². The lowest BCUT2D eigenvalue weighted by molar-refractivity contribution is -0.118. The smallest absolute Gasteiger partial charge is 0.238 e. The van der Waals surface area contributed by atoms with E-state index in [2.05, 4.69) is 10.2 Å². The molecule has 1 aromatic rings. The van der Waals surface area contributed by atoms with Gasteiger partial charge in [-0.2, -0.15) is 0 Å². The minimum atomic E-state index is -0.00782. The van der Waals surface area contributed by atoms with Crippen molar-refractivity contribution in [2.24, 2.45) is 0 Å². The Morgan fingerprint density at radius 1 is 1.26 bits per heavy atom. The molecule has 4 nitrogen and oxygen atoms in total. The van der Waals surface area contributed by atoms with Gasteiger partial charge in [0.15, 0.2) is 0 Å². The summed E-state index contributed by atoms with van der Waals surface area (Å²) in [5.41, 5.74) is 0.822. The Balaban J connectivity index is 1.87. The molecule has 1 aromatic carbocycles. The summed E-state index contributed by atoms with van der Waals surface area (Å²) in [4.78, 5) is 14.1. The average molecular weight is 262 g/mol. The second-order valence-corrected chi connectivity index (χ2v) is 5.05. The van der Waals surface area contributed by atoms with Crippen molar-refractivity contribution in [2.75, 3.05) is 25.0 Å². The molecule has 0 unspecified atom stereocenters. The minimum absolute atomic E-state index is 0.00782. The standard InChI is InChI=1S/C15H22N2O2/c18-11-10-17(14-8-4-5-9-14)12-15(19)16-13-6-2-1-3-7-13/h1-3,6-7,14,18H,4-5,8-12H2,(H,16,19). The van der Waals surface area contributed by atoms with Crippen LogP contribution in [0.3, 0.4) is 0 Å². The fourth-order valence-electron chi connectivity index (χ4n) is 2.70. The summed E-state index contributed by atoms with van der Waals surface area (Å²) in [6.45, 7) is 1.04. The number of carbonyl (C=O) groups excluding carboxylic acids is 1. The van der Waals surface area contributed by atoms with Crippen LogP contribution in [0.25, 0.3) is 0 Å². The first-order chi connectivity index (χ1) is 9.29. The van der Waals surface area contributed by atoms with E-state index >= 15 is 0 Å². The summed E-state index contributed by atoms with van der Waals surface area (Å²) in [6, 6.07) is 9.93. The first-order valence-electron chi connectivity index (χ1n) is 6.99. The highest BCUT2D eigenvalue weighted by Gasteiger charge is 2.23. The van der Waals surface area contributed by atoms with Crippen LogP contribution in [0.5, 0.6) is 0 Å². The fourth-order valence-corrected chi connectivity index (χ4v) is 2.70. The van der Waals surface area contributed by atoms with Crippen molar-refractivity contribution in [3.63, 3.8) is 0 Å². The SMILES string of the molecule is O=C(CN(CCO)C1CCCC1)Nc1ccccc1. The molecule has 19 heavy (non-hydrogen) atoms. The van der Waals surface area contributed by atoms with Crippen LogP contribution >= 0.6 is 0 Å². The number of carbonyl (C=O) groups is 1. The number of hydrogen-bond acceptors (Lipinski definition) is 3. The van der Waals surface area contributed by atoms with Crippen LogP contribution in [0.4, 0.5) is 5.69 Å². The molecule has 2 N–H and O–H groups in total. The molecule has 0 bridgehead atoms. The highest BCUT2D eigenvalue weighted by atomic mass is 16.3. The maximum absolute atomic E-state index is 12.0. The number of anilines is 1. The van der Waals surface area contributed by atoms with Crippen molar-refractivity contribution in [1.29, 1.82) is 0 Å². The maximum atomic E-state index is 12.0. The Hall–Kier alpha value is -1.39. The number of para-hydroxylation sites is 1. The predicted octanol–water partition coefficient (Wildman–Crippen LogP) is 1.86. The van der Waals surface area contributed by atoms with E-state index < -0.39 is 0 Å². The summed E-state index contributed by atoms with van der Waals surface area (Å²) in [7, 11) is 0. The molecule has 4 heteroatoms. The van der Waals surface area contributed by atoms with Gasteiger partial charge in [-0.3, -0.25) is 9.69 Å². The highest BCUT2D eigenvalue weighted by molar-refractivity contribution is 5.92. The number of nitrogens with one attached hydrogen (secondary N) is 1. The van der Waals surface area contributed by atoms with Gasteiger partial charge in [0.1, 0.15) is 0 Å². The molecule has 0 radical (unpaired) electrons. The zero-order valence-electron chi connectivity index (χ0n) is 11.2. The van der Waals surface area contributed by atoms with Gasteiger partial charge in [0.05, 0.1) is 13.2 Å². The van der Waals surface area contributed by atoms with Crippen molar-refractivity contribution in [3.05, 3.63) is 30.3 Å². The van der Waals surface area contributed by atoms with Gasteiger partial charge in [-0.05, 0) is 25.0 Å². The van der Waals surface area contributed by atoms with Crippen molar-refractivity contribution in [3.8, 4) is 0 Å². The molecule has 1 amide bonds. The lowest BCUT2D eigenvalue weighted by atomic mass is 10.2. The third-order valence-electron chi connectivity index (χ3n) is 3.63. The topological polar surface area (TPSA) is 52.6 Å². The van der Waals surface area contributed by atoms with E-state index in [-0.39, 0.29) is 12.5 Å². The van der Waals surface area contributed by atoms with Crippen LogP contribution < -0.4 is 5.32 Å². The quantitative estimate of drug-likeness (QED) is 0.823. The first kappa shape index (κ1) is 14.0. The third kappa shape index (κ3) is 4.33. The number of rotatable bonds is 6. The van der Waals surface area contributed by atoms with Crippen LogP contribution in [0.2, 0.25) is 0 Å². The lowest BCUT2D eigenvalue weighted by Gasteiger charge is -2.27. The molecule has 1 aliphatic rings. The van der Waals surface area contributed by atoms with Gasteiger partial charge in [0.2, 0.25) is 5.91 Å². The van der Waals surface area contributed by atoms with E-state index in [1.807, 2.05) is 30.3 Å². The molecule has 2 rings (SSSR count). The average Bonchev–Trinajstić information content (AvgIpc) is 2.93. The molecular formula is C15H22N2O2. The number of aliphatic hydroxyl groups is 1. The highest BCUT2D eigenvalue weighted by Crippen LogP contribution is 2.23. The number of amides is 1. The van der Waals surface area contributed by atoms with Crippen LogP contribution in [-0.4, -0.2) is 41.7 Å². The minimum Gasteiger partial charge on any atom is -0.395 e. The predicted molar refractivity (Wildman–Crippen MR) is 76.0 cm³/mol. The van der Waals surface area contributed by atoms with Gasteiger partial charge in [-0.15, -0.1) is 0 Å². The van der Waals surface area contributed by atoms with Gasteiger partial charge < -0.3 is 10.4 Å². The zero-order chi connectivity index (χ0) is 13.5. The monoisotopic (exact) mass is 262 g/mol. The Morgan fingerprint density at radius 2 is 1.95 bits per heavy atom. The van der Waals surface area contributed by atoms with Gasteiger partial charge in [-0.1, -0.05) is 31.0 Å².